The van der Waals surface area contributed by atoms with E-state index in [1.807, 2.05) is 48.5 Å². The average molecular weight is 465 g/mol. The van der Waals surface area contributed by atoms with E-state index < -0.39 is 12.0 Å². The fourth-order valence-electron chi connectivity index (χ4n) is 3.83. The number of esters is 1. The van der Waals surface area contributed by atoms with Gasteiger partial charge in [-0.05, 0) is 43.7 Å². The number of para-hydroxylation sites is 1. The molecule has 0 bridgehead atoms. The zero-order valence-electron chi connectivity index (χ0n) is 18.8. The molecule has 0 N–H and O–H groups in total. The SMILES string of the molecule is CCOC(=O)C1=C(C)N=c2s/c(=C/c3ccc(OC)cc3)c(=O)n2[C@@H]1c1ccccc1OC. The number of fused-ring (bicyclic) bond motifs is 1. The summed E-state index contributed by atoms with van der Waals surface area (Å²) < 4.78 is 18.2. The van der Waals surface area contributed by atoms with Crippen LogP contribution in [-0.2, 0) is 9.53 Å². The van der Waals surface area contributed by atoms with Crippen LogP contribution < -0.4 is 24.4 Å². The van der Waals surface area contributed by atoms with Crippen LogP contribution in [0.25, 0.3) is 6.08 Å². The maximum Gasteiger partial charge on any atom is 0.338 e. The summed E-state index contributed by atoms with van der Waals surface area (Å²) in [6, 6.07) is 14.1. The molecule has 8 heteroatoms. The molecule has 1 aliphatic rings. The molecule has 1 atom stereocenters. The lowest BCUT2D eigenvalue weighted by Gasteiger charge is -2.25. The van der Waals surface area contributed by atoms with Gasteiger partial charge in [-0.1, -0.05) is 41.7 Å². The van der Waals surface area contributed by atoms with Crippen LogP contribution in [0.5, 0.6) is 11.5 Å². The van der Waals surface area contributed by atoms with Gasteiger partial charge in [0.2, 0.25) is 0 Å². The van der Waals surface area contributed by atoms with Gasteiger partial charge in [0.25, 0.3) is 5.56 Å². The monoisotopic (exact) mass is 464 g/mol. The van der Waals surface area contributed by atoms with Gasteiger partial charge in [0.15, 0.2) is 4.80 Å². The molecule has 7 nitrogen and oxygen atoms in total. The molecule has 0 spiro atoms. The first kappa shape index (κ1) is 22.5. The summed E-state index contributed by atoms with van der Waals surface area (Å²) in [5.74, 6) is 0.808. The number of methoxy groups -OCH3 is 2. The number of carbonyl (C=O) groups excluding carboxylic acids is 1. The van der Waals surface area contributed by atoms with E-state index in [1.54, 1.807) is 38.7 Å². The fourth-order valence-corrected chi connectivity index (χ4v) is 4.88. The van der Waals surface area contributed by atoms with Gasteiger partial charge in [-0.25, -0.2) is 9.79 Å². The third-order valence-corrected chi connectivity index (χ3v) is 6.35. The Labute approximate surface area is 194 Å². The Bertz CT molecular complexity index is 1400. The summed E-state index contributed by atoms with van der Waals surface area (Å²) in [5, 5.41) is 0. The van der Waals surface area contributed by atoms with E-state index in [-0.39, 0.29) is 12.2 Å². The largest absolute Gasteiger partial charge is 0.497 e. The summed E-state index contributed by atoms with van der Waals surface area (Å²) in [6.07, 6.45) is 1.81. The predicted molar refractivity (Wildman–Crippen MR) is 126 cm³/mol. The third kappa shape index (κ3) is 4.21. The van der Waals surface area contributed by atoms with Crippen molar-refractivity contribution in [3.8, 4) is 11.5 Å². The van der Waals surface area contributed by atoms with E-state index in [4.69, 9.17) is 14.2 Å². The maximum atomic E-state index is 13.6. The highest BCUT2D eigenvalue weighted by atomic mass is 32.1. The molecule has 1 aliphatic heterocycles. The van der Waals surface area contributed by atoms with E-state index >= 15 is 0 Å². The number of nitrogens with zero attached hydrogens (tertiary/aromatic N) is 2. The number of thiazole rings is 1. The second-order valence-electron chi connectivity index (χ2n) is 7.32. The summed E-state index contributed by atoms with van der Waals surface area (Å²) in [6.45, 7) is 3.72. The van der Waals surface area contributed by atoms with Gasteiger partial charge in [-0.15, -0.1) is 0 Å². The zero-order chi connectivity index (χ0) is 23.5. The second kappa shape index (κ2) is 9.46. The molecular weight excluding hydrogens is 440 g/mol. The van der Waals surface area contributed by atoms with Crippen molar-refractivity contribution in [1.29, 1.82) is 0 Å². The molecule has 0 saturated carbocycles. The lowest BCUT2D eigenvalue weighted by Crippen LogP contribution is -2.40. The summed E-state index contributed by atoms with van der Waals surface area (Å²) in [4.78, 5) is 31.7. The normalized spacial score (nSPS) is 15.6. The Hall–Kier alpha value is -3.65. The molecule has 2 aromatic carbocycles. The molecule has 0 aliphatic carbocycles. The van der Waals surface area contributed by atoms with Gasteiger partial charge in [0, 0.05) is 5.56 Å². The summed E-state index contributed by atoms with van der Waals surface area (Å²) in [5.41, 5.74) is 2.15. The van der Waals surface area contributed by atoms with Crippen LogP contribution >= 0.6 is 11.3 Å². The lowest BCUT2D eigenvalue weighted by molar-refractivity contribution is -0.139. The lowest BCUT2D eigenvalue weighted by atomic mass is 9.95. The number of hydrogen-bond donors (Lipinski definition) is 0. The molecular formula is C25H24N2O5S. The minimum atomic E-state index is -0.713. The smallest absolute Gasteiger partial charge is 0.338 e. The number of aromatic nitrogens is 1. The second-order valence-corrected chi connectivity index (χ2v) is 8.33. The molecule has 4 rings (SSSR count). The van der Waals surface area contributed by atoms with Gasteiger partial charge in [0.05, 0.1) is 36.6 Å². The molecule has 3 aromatic rings. The number of ether oxygens (including phenoxy) is 3. The molecule has 1 aromatic heterocycles. The molecule has 2 heterocycles. The standard InChI is InChI=1S/C25H24N2O5S/c1-5-32-24(29)21-15(2)26-25-27(22(21)18-8-6-7-9-19(18)31-4)23(28)20(33-25)14-16-10-12-17(30-3)13-11-16/h6-14,22H,5H2,1-4H3/b20-14+/t22-/m1/s1. The van der Waals surface area contributed by atoms with Crippen LogP contribution in [0.1, 0.15) is 31.0 Å². The van der Waals surface area contributed by atoms with Crippen molar-refractivity contribution in [1.82, 2.24) is 4.57 Å². The number of benzene rings is 2. The van der Waals surface area contributed by atoms with Crippen molar-refractivity contribution in [2.24, 2.45) is 4.99 Å². The number of hydrogen-bond acceptors (Lipinski definition) is 7. The fraction of sp³-hybridized carbons (Fsp3) is 0.240. The molecule has 0 amide bonds. The third-order valence-electron chi connectivity index (χ3n) is 5.36. The van der Waals surface area contributed by atoms with Gasteiger partial charge < -0.3 is 14.2 Å². The molecule has 0 radical (unpaired) electrons. The predicted octanol–water partition coefficient (Wildman–Crippen LogP) is 2.82. The molecule has 0 unspecified atom stereocenters. The Kier molecular flexibility index (Phi) is 6.46. The Balaban J connectivity index is 1.95. The van der Waals surface area contributed by atoms with Crippen LogP contribution in [0.15, 0.2) is 69.6 Å². The van der Waals surface area contributed by atoms with E-state index in [2.05, 4.69) is 4.99 Å². The Morgan fingerprint density at radius 3 is 2.52 bits per heavy atom. The van der Waals surface area contributed by atoms with Crippen molar-refractivity contribution in [2.75, 3.05) is 20.8 Å². The Morgan fingerprint density at radius 1 is 1.12 bits per heavy atom. The van der Waals surface area contributed by atoms with Gasteiger partial charge in [-0.3, -0.25) is 9.36 Å². The first-order valence-electron chi connectivity index (χ1n) is 10.4. The molecule has 170 valence electrons. The van der Waals surface area contributed by atoms with Crippen molar-refractivity contribution >= 4 is 23.4 Å². The number of carbonyl (C=O) groups is 1. The number of allylic oxidation sites excluding steroid dienone is 1. The van der Waals surface area contributed by atoms with E-state index in [1.165, 1.54) is 11.3 Å². The van der Waals surface area contributed by atoms with Crippen LogP contribution in [-0.4, -0.2) is 31.4 Å². The average Bonchev–Trinajstić information content (AvgIpc) is 3.13. The maximum absolute atomic E-state index is 13.6. The molecule has 0 fully saturated rings. The van der Waals surface area contributed by atoms with Gasteiger partial charge >= 0.3 is 5.97 Å². The number of rotatable bonds is 6. The highest BCUT2D eigenvalue weighted by Gasteiger charge is 2.34. The highest BCUT2D eigenvalue weighted by Crippen LogP contribution is 2.35. The van der Waals surface area contributed by atoms with E-state index in [9.17, 15) is 9.59 Å². The van der Waals surface area contributed by atoms with Crippen molar-refractivity contribution in [3.63, 3.8) is 0 Å². The van der Waals surface area contributed by atoms with Gasteiger partial charge in [-0.2, -0.15) is 0 Å². The van der Waals surface area contributed by atoms with E-state index in [0.29, 0.717) is 31.9 Å². The highest BCUT2D eigenvalue weighted by molar-refractivity contribution is 7.07. The first-order valence-corrected chi connectivity index (χ1v) is 11.3. The van der Waals surface area contributed by atoms with Crippen molar-refractivity contribution in [2.45, 2.75) is 19.9 Å². The first-order chi connectivity index (χ1) is 16.0. The van der Waals surface area contributed by atoms with Crippen LogP contribution in [0.2, 0.25) is 0 Å². The van der Waals surface area contributed by atoms with Crippen molar-refractivity contribution < 1.29 is 19.0 Å². The molecule has 33 heavy (non-hydrogen) atoms. The topological polar surface area (TPSA) is 79.1 Å². The molecule has 0 saturated heterocycles. The Morgan fingerprint density at radius 2 is 1.85 bits per heavy atom. The van der Waals surface area contributed by atoms with Crippen LogP contribution in [0.4, 0.5) is 0 Å². The van der Waals surface area contributed by atoms with Crippen LogP contribution in [0.3, 0.4) is 0 Å². The summed E-state index contributed by atoms with van der Waals surface area (Å²) >= 11 is 1.28. The minimum Gasteiger partial charge on any atom is -0.497 e. The quantitative estimate of drug-likeness (QED) is 0.524. The minimum absolute atomic E-state index is 0.218. The zero-order valence-corrected chi connectivity index (χ0v) is 19.6. The van der Waals surface area contributed by atoms with Crippen molar-refractivity contribution in [3.05, 3.63) is 90.6 Å². The van der Waals surface area contributed by atoms with Gasteiger partial charge in [0.1, 0.15) is 17.5 Å². The van der Waals surface area contributed by atoms with E-state index in [0.717, 1.165) is 11.3 Å². The summed E-state index contributed by atoms with van der Waals surface area (Å²) in [7, 11) is 3.17. The van der Waals surface area contributed by atoms with Crippen LogP contribution in [0, 0.1) is 0 Å².